The largest absolute Gasteiger partial charge is 0.416 e. The number of alkyl halides is 3. The Hall–Kier alpha value is -2.48. The number of rotatable bonds is 4. The molecule has 138 valence electrons. The number of nitrogens with zero attached hydrogens (tertiary/aromatic N) is 3. The van der Waals surface area contributed by atoms with Gasteiger partial charge in [-0.2, -0.15) is 18.3 Å². The Morgan fingerprint density at radius 3 is 2.81 bits per heavy atom. The molecule has 9 heteroatoms. The predicted molar refractivity (Wildman–Crippen MR) is 92.4 cm³/mol. The lowest BCUT2D eigenvalue weighted by Crippen LogP contribution is -2.41. The fourth-order valence-corrected chi connectivity index (χ4v) is 3.20. The molecule has 2 heterocycles. The summed E-state index contributed by atoms with van der Waals surface area (Å²) in [6.07, 6.45) is -1.65. The van der Waals surface area contributed by atoms with Crippen molar-refractivity contribution in [2.75, 3.05) is 18.0 Å². The van der Waals surface area contributed by atoms with Gasteiger partial charge in [0.25, 0.3) is 0 Å². The van der Waals surface area contributed by atoms with Crippen LogP contribution >= 0.6 is 11.6 Å². The number of aromatic nitrogens is 2. The first-order valence-corrected chi connectivity index (χ1v) is 8.23. The molecule has 0 spiro atoms. The van der Waals surface area contributed by atoms with E-state index in [2.05, 4.69) is 17.0 Å². The van der Waals surface area contributed by atoms with Crippen LogP contribution in [0.5, 0.6) is 0 Å². The Labute approximate surface area is 153 Å². The lowest BCUT2D eigenvalue weighted by atomic mass is 10.1. The van der Waals surface area contributed by atoms with E-state index in [0.717, 1.165) is 18.0 Å². The zero-order valence-electron chi connectivity index (χ0n) is 13.6. The molecule has 0 aliphatic carbocycles. The number of carbonyl (C=O) groups excluding carboxylic acids is 1. The molecule has 1 N–H and O–H groups in total. The van der Waals surface area contributed by atoms with Gasteiger partial charge >= 0.3 is 6.18 Å². The van der Waals surface area contributed by atoms with Crippen molar-refractivity contribution in [1.29, 1.82) is 0 Å². The zero-order chi connectivity index (χ0) is 18.9. The molecule has 0 unspecified atom stereocenters. The van der Waals surface area contributed by atoms with Crippen molar-refractivity contribution in [2.45, 2.75) is 12.7 Å². The van der Waals surface area contributed by atoms with Crippen LogP contribution in [-0.2, 0) is 17.5 Å². The lowest BCUT2D eigenvalue weighted by molar-refractivity contribution is -0.137. The highest BCUT2D eigenvalue weighted by Gasteiger charge is 2.32. The summed E-state index contributed by atoms with van der Waals surface area (Å²) in [6.45, 7) is 4.85. The average Bonchev–Trinajstić information content (AvgIpc) is 3.06. The number of carbonyl (C=O) groups is 1. The number of benzene rings is 1. The molecule has 1 aromatic carbocycles. The van der Waals surface area contributed by atoms with Crippen molar-refractivity contribution in [2.24, 2.45) is 5.92 Å². The molecule has 1 aliphatic rings. The predicted octanol–water partition coefficient (Wildman–Crippen LogP) is 3.63. The third-order valence-corrected chi connectivity index (χ3v) is 4.46. The highest BCUT2D eigenvalue weighted by molar-refractivity contribution is 6.33. The molecular weight excluding hydrogens is 369 g/mol. The molecule has 0 radical (unpaired) electrons. The molecule has 0 fully saturated rings. The summed E-state index contributed by atoms with van der Waals surface area (Å²) in [4.78, 5) is 13.2. The minimum atomic E-state index is -4.46. The van der Waals surface area contributed by atoms with Crippen LogP contribution in [0.25, 0.3) is 0 Å². The Morgan fingerprint density at radius 2 is 2.15 bits per heavy atom. The van der Waals surface area contributed by atoms with Crippen LogP contribution in [-0.4, -0.2) is 28.8 Å². The van der Waals surface area contributed by atoms with Gasteiger partial charge in [-0.15, -0.1) is 0 Å². The number of fused-ring (bicyclic) bond motifs is 1. The number of hydrogen-bond donors (Lipinski definition) is 1. The fourth-order valence-electron chi connectivity index (χ4n) is 2.92. The van der Waals surface area contributed by atoms with Crippen LogP contribution in [0, 0.1) is 5.92 Å². The van der Waals surface area contributed by atoms with Crippen LogP contribution < -0.4 is 10.2 Å². The average molecular weight is 385 g/mol. The van der Waals surface area contributed by atoms with Crippen molar-refractivity contribution < 1.29 is 18.0 Å². The second kappa shape index (κ2) is 7.03. The number of nitrogens with one attached hydrogen (secondary N) is 1. The highest BCUT2D eigenvalue weighted by Crippen LogP contribution is 2.39. The van der Waals surface area contributed by atoms with Gasteiger partial charge in [0.05, 0.1) is 22.5 Å². The maximum absolute atomic E-state index is 12.9. The highest BCUT2D eigenvalue weighted by atomic mass is 35.5. The van der Waals surface area contributed by atoms with Gasteiger partial charge in [-0.1, -0.05) is 18.2 Å². The van der Waals surface area contributed by atoms with Crippen molar-refractivity contribution in [3.63, 3.8) is 0 Å². The van der Waals surface area contributed by atoms with Crippen LogP contribution in [0.1, 0.15) is 5.56 Å². The maximum Gasteiger partial charge on any atom is 0.416 e. The molecule has 0 bridgehead atoms. The molecule has 26 heavy (non-hydrogen) atoms. The van der Waals surface area contributed by atoms with Gasteiger partial charge < -0.3 is 10.2 Å². The topological polar surface area (TPSA) is 50.2 Å². The molecule has 1 amide bonds. The molecule has 0 saturated heterocycles. The van der Waals surface area contributed by atoms with Gasteiger partial charge in [-0.25, -0.2) is 4.68 Å². The van der Waals surface area contributed by atoms with E-state index in [1.54, 1.807) is 16.9 Å². The summed E-state index contributed by atoms with van der Waals surface area (Å²) in [5.74, 6) is 0.456. The first kappa shape index (κ1) is 18.3. The zero-order valence-corrected chi connectivity index (χ0v) is 14.4. The van der Waals surface area contributed by atoms with Crippen molar-refractivity contribution >= 4 is 29.0 Å². The van der Waals surface area contributed by atoms with Crippen LogP contribution in [0.2, 0.25) is 5.02 Å². The molecule has 0 saturated carbocycles. The minimum Gasteiger partial charge on any atom is -0.352 e. The van der Waals surface area contributed by atoms with Gasteiger partial charge in [0.1, 0.15) is 5.82 Å². The molecule has 1 aromatic heterocycles. The van der Waals surface area contributed by atoms with E-state index in [0.29, 0.717) is 25.3 Å². The summed E-state index contributed by atoms with van der Waals surface area (Å²) in [6, 6.07) is 5.05. The number of anilines is 2. The van der Waals surface area contributed by atoms with Gasteiger partial charge in [0.2, 0.25) is 5.91 Å². The molecule has 2 aromatic rings. The normalized spacial score (nSPS) is 16.9. The van der Waals surface area contributed by atoms with E-state index >= 15 is 0 Å². The van der Waals surface area contributed by atoms with E-state index < -0.39 is 11.7 Å². The quantitative estimate of drug-likeness (QED) is 0.819. The van der Waals surface area contributed by atoms with E-state index in [1.165, 1.54) is 12.1 Å². The van der Waals surface area contributed by atoms with Crippen LogP contribution in [0.3, 0.4) is 0 Å². The smallest absolute Gasteiger partial charge is 0.352 e. The second-order valence-electron chi connectivity index (χ2n) is 5.96. The van der Waals surface area contributed by atoms with Crippen LogP contribution in [0.15, 0.2) is 43.1 Å². The number of hydrogen-bond acceptors (Lipinski definition) is 3. The molecule has 5 nitrogen and oxygen atoms in total. The first-order valence-electron chi connectivity index (χ1n) is 7.86. The second-order valence-corrected chi connectivity index (χ2v) is 6.37. The lowest BCUT2D eigenvalue weighted by Gasteiger charge is -2.35. The molecule has 1 atom stereocenters. The Kier molecular flexibility index (Phi) is 4.95. The minimum absolute atomic E-state index is 0.00310. The first-order chi connectivity index (χ1) is 12.3. The van der Waals surface area contributed by atoms with Gasteiger partial charge in [0, 0.05) is 31.6 Å². The molecular formula is C17H16ClF3N4O. The summed E-state index contributed by atoms with van der Waals surface area (Å²) < 4.78 is 40.3. The van der Waals surface area contributed by atoms with Crippen molar-refractivity contribution in [3.8, 4) is 0 Å². The van der Waals surface area contributed by atoms with E-state index in [1.807, 2.05) is 4.90 Å². The summed E-state index contributed by atoms with van der Waals surface area (Å²) in [5, 5.41) is 6.97. The molecule has 3 rings (SSSR count). The summed E-state index contributed by atoms with van der Waals surface area (Å²) in [5.41, 5.74) is -0.340. The fraction of sp³-hybridized carbons (Fsp3) is 0.294. The number of halogens is 4. The SMILES string of the molecule is C=CC(=O)NC[C@H]1CN(c2ccc(C(F)(F)F)cc2Cl)c2ccnn2C1. The summed E-state index contributed by atoms with van der Waals surface area (Å²) in [7, 11) is 0. The maximum atomic E-state index is 12.9. The van der Waals surface area contributed by atoms with E-state index in [9.17, 15) is 18.0 Å². The number of amides is 1. The van der Waals surface area contributed by atoms with Gasteiger partial charge in [-0.05, 0) is 24.3 Å². The third-order valence-electron chi connectivity index (χ3n) is 4.16. The third kappa shape index (κ3) is 3.70. The van der Waals surface area contributed by atoms with Crippen molar-refractivity contribution in [1.82, 2.24) is 15.1 Å². The standard InChI is InChI=1S/C17H16ClF3N4O/c1-2-15(26)22-8-11-9-24(16-5-6-23-25(16)10-11)14-4-3-12(7-13(14)18)17(19,20)21/h2-7,11H,1,8-10H2,(H,22,26)/t11-/m0/s1. The van der Waals surface area contributed by atoms with Gasteiger partial charge in [-0.3, -0.25) is 4.79 Å². The van der Waals surface area contributed by atoms with Crippen LogP contribution in [0.4, 0.5) is 24.7 Å². The summed E-state index contributed by atoms with van der Waals surface area (Å²) >= 11 is 6.15. The van der Waals surface area contributed by atoms with Crippen molar-refractivity contribution in [3.05, 3.63) is 53.7 Å². The van der Waals surface area contributed by atoms with E-state index in [4.69, 9.17) is 11.6 Å². The molecule has 1 aliphatic heterocycles. The Balaban J connectivity index is 1.89. The monoisotopic (exact) mass is 384 g/mol. The van der Waals surface area contributed by atoms with E-state index in [-0.39, 0.29) is 16.8 Å². The van der Waals surface area contributed by atoms with Gasteiger partial charge in [0.15, 0.2) is 0 Å². The Bertz CT molecular complexity index is 834. The Morgan fingerprint density at radius 1 is 1.38 bits per heavy atom.